The van der Waals surface area contributed by atoms with Gasteiger partial charge in [-0.15, -0.1) is 0 Å². The number of likely N-dealkylation sites (N-methyl/N-ethyl adjacent to an activating group) is 1. The molecule has 0 heterocycles. The van der Waals surface area contributed by atoms with Gasteiger partial charge in [0.15, 0.2) is 0 Å². The minimum Gasteiger partial charge on any atom is -0.496 e. The fourth-order valence-corrected chi connectivity index (χ4v) is 1.97. The van der Waals surface area contributed by atoms with Crippen LogP contribution in [0.5, 0.6) is 5.75 Å². The van der Waals surface area contributed by atoms with Crippen LogP contribution in [0.1, 0.15) is 11.1 Å². The third kappa shape index (κ3) is 2.90. The molecule has 0 fully saturated rings. The fraction of sp³-hybridized carbons (Fsp3) is 0.538. The molecule has 0 aliphatic carbocycles. The molecule has 17 heavy (non-hydrogen) atoms. The lowest BCUT2D eigenvalue weighted by Gasteiger charge is -2.28. The summed E-state index contributed by atoms with van der Waals surface area (Å²) in [7, 11) is 3.51. The molecule has 0 amide bonds. The fourth-order valence-electron chi connectivity index (χ4n) is 1.97. The SMILES string of the molecule is COc1c(C)cc(N(C)C(CO)CO)cc1C. The van der Waals surface area contributed by atoms with Gasteiger partial charge in [0.1, 0.15) is 5.75 Å². The van der Waals surface area contributed by atoms with Crippen molar-refractivity contribution in [3.05, 3.63) is 23.3 Å². The molecule has 0 saturated carbocycles. The molecule has 1 rings (SSSR count). The molecule has 0 spiro atoms. The van der Waals surface area contributed by atoms with Gasteiger partial charge in [0.2, 0.25) is 0 Å². The zero-order valence-corrected chi connectivity index (χ0v) is 10.9. The van der Waals surface area contributed by atoms with Crippen molar-refractivity contribution in [1.82, 2.24) is 0 Å². The second-order valence-electron chi connectivity index (χ2n) is 4.24. The number of hydrogen-bond donors (Lipinski definition) is 2. The van der Waals surface area contributed by atoms with Gasteiger partial charge < -0.3 is 19.8 Å². The van der Waals surface area contributed by atoms with Crippen LogP contribution < -0.4 is 9.64 Å². The van der Waals surface area contributed by atoms with Crippen molar-refractivity contribution in [3.63, 3.8) is 0 Å². The van der Waals surface area contributed by atoms with Crippen LogP contribution in [0.4, 0.5) is 5.69 Å². The summed E-state index contributed by atoms with van der Waals surface area (Å²) in [6, 6.07) is 3.70. The summed E-state index contributed by atoms with van der Waals surface area (Å²) in [4.78, 5) is 1.87. The van der Waals surface area contributed by atoms with E-state index in [2.05, 4.69) is 0 Å². The summed E-state index contributed by atoms with van der Waals surface area (Å²) in [5, 5.41) is 18.3. The van der Waals surface area contributed by atoms with Crippen LogP contribution in [0.2, 0.25) is 0 Å². The van der Waals surface area contributed by atoms with E-state index in [1.54, 1.807) is 7.11 Å². The van der Waals surface area contributed by atoms with Gasteiger partial charge in [0.05, 0.1) is 26.4 Å². The minimum absolute atomic E-state index is 0.0723. The smallest absolute Gasteiger partial charge is 0.124 e. The average molecular weight is 239 g/mol. The van der Waals surface area contributed by atoms with Crippen LogP contribution in [-0.4, -0.2) is 43.6 Å². The zero-order chi connectivity index (χ0) is 13.0. The van der Waals surface area contributed by atoms with Gasteiger partial charge in [0, 0.05) is 12.7 Å². The molecule has 1 aromatic rings. The highest BCUT2D eigenvalue weighted by Gasteiger charge is 2.15. The molecule has 4 nitrogen and oxygen atoms in total. The molecule has 0 bridgehead atoms. The Balaban J connectivity index is 3.07. The first-order valence-corrected chi connectivity index (χ1v) is 5.65. The number of anilines is 1. The Morgan fingerprint density at radius 2 is 1.65 bits per heavy atom. The largest absolute Gasteiger partial charge is 0.496 e. The lowest BCUT2D eigenvalue weighted by Crippen LogP contribution is -2.37. The summed E-state index contributed by atoms with van der Waals surface area (Å²) in [6.45, 7) is 3.82. The monoisotopic (exact) mass is 239 g/mol. The number of rotatable bonds is 5. The Hall–Kier alpha value is -1.26. The Morgan fingerprint density at radius 1 is 1.18 bits per heavy atom. The number of methoxy groups -OCH3 is 1. The topological polar surface area (TPSA) is 52.9 Å². The number of aryl methyl sites for hydroxylation is 2. The highest BCUT2D eigenvalue weighted by molar-refractivity contribution is 5.56. The maximum Gasteiger partial charge on any atom is 0.124 e. The maximum absolute atomic E-state index is 9.17. The number of ether oxygens (including phenoxy) is 1. The Kier molecular flexibility index (Phi) is 4.78. The molecular formula is C13H21NO3. The van der Waals surface area contributed by atoms with Crippen molar-refractivity contribution in [2.75, 3.05) is 32.3 Å². The molecule has 0 aliphatic heterocycles. The zero-order valence-electron chi connectivity index (χ0n) is 10.9. The lowest BCUT2D eigenvalue weighted by atomic mass is 10.1. The summed E-state index contributed by atoms with van der Waals surface area (Å²) in [6.07, 6.45) is 0. The summed E-state index contributed by atoms with van der Waals surface area (Å²) < 4.78 is 5.31. The van der Waals surface area contributed by atoms with E-state index in [-0.39, 0.29) is 19.3 Å². The van der Waals surface area contributed by atoms with Crippen molar-refractivity contribution >= 4 is 5.69 Å². The van der Waals surface area contributed by atoms with Crippen LogP contribution in [-0.2, 0) is 0 Å². The molecule has 0 aliphatic rings. The first-order valence-electron chi connectivity index (χ1n) is 5.65. The van der Waals surface area contributed by atoms with Crippen molar-refractivity contribution in [3.8, 4) is 5.75 Å². The van der Waals surface area contributed by atoms with Crippen LogP contribution >= 0.6 is 0 Å². The second-order valence-corrected chi connectivity index (χ2v) is 4.24. The van der Waals surface area contributed by atoms with Crippen molar-refractivity contribution in [1.29, 1.82) is 0 Å². The standard InChI is InChI=1S/C13H21NO3/c1-9-5-11(6-10(2)13(9)17-4)14(3)12(7-15)8-16/h5-6,12,15-16H,7-8H2,1-4H3. The highest BCUT2D eigenvalue weighted by Crippen LogP contribution is 2.28. The molecule has 0 unspecified atom stereocenters. The second kappa shape index (κ2) is 5.89. The first kappa shape index (κ1) is 13.8. The van der Waals surface area contributed by atoms with E-state index in [9.17, 15) is 10.2 Å². The van der Waals surface area contributed by atoms with E-state index in [0.29, 0.717) is 0 Å². The van der Waals surface area contributed by atoms with Gasteiger partial charge in [-0.1, -0.05) is 0 Å². The van der Waals surface area contributed by atoms with Gasteiger partial charge in [0.25, 0.3) is 0 Å². The van der Waals surface area contributed by atoms with Gasteiger partial charge in [-0.3, -0.25) is 0 Å². The van der Waals surface area contributed by atoms with E-state index >= 15 is 0 Å². The lowest BCUT2D eigenvalue weighted by molar-refractivity contribution is 0.190. The summed E-state index contributed by atoms with van der Waals surface area (Å²) in [5.41, 5.74) is 3.06. The van der Waals surface area contributed by atoms with E-state index in [1.165, 1.54) is 0 Å². The Bertz CT molecular complexity index is 352. The highest BCUT2D eigenvalue weighted by atomic mass is 16.5. The van der Waals surface area contributed by atoms with Crippen molar-refractivity contribution in [2.24, 2.45) is 0 Å². The van der Waals surface area contributed by atoms with Crippen LogP contribution in [0.15, 0.2) is 12.1 Å². The van der Waals surface area contributed by atoms with Crippen molar-refractivity contribution < 1.29 is 14.9 Å². The van der Waals surface area contributed by atoms with E-state index in [4.69, 9.17) is 4.74 Å². The predicted molar refractivity (Wildman–Crippen MR) is 68.8 cm³/mol. The quantitative estimate of drug-likeness (QED) is 0.808. The molecule has 1 aromatic carbocycles. The molecule has 96 valence electrons. The molecule has 0 saturated heterocycles. The van der Waals surface area contributed by atoms with Gasteiger partial charge in [-0.25, -0.2) is 0 Å². The molecule has 0 radical (unpaired) electrons. The number of nitrogens with zero attached hydrogens (tertiary/aromatic N) is 1. The normalized spacial score (nSPS) is 10.8. The van der Waals surface area contributed by atoms with Gasteiger partial charge in [-0.05, 0) is 37.1 Å². The Morgan fingerprint density at radius 3 is 2.00 bits per heavy atom. The first-order chi connectivity index (χ1) is 8.04. The molecule has 0 aromatic heterocycles. The average Bonchev–Trinajstić information content (AvgIpc) is 2.30. The van der Waals surface area contributed by atoms with Crippen LogP contribution in [0.25, 0.3) is 0 Å². The Labute approximate surface area is 102 Å². The maximum atomic E-state index is 9.17. The van der Waals surface area contributed by atoms with Gasteiger partial charge in [-0.2, -0.15) is 0 Å². The van der Waals surface area contributed by atoms with E-state index in [0.717, 1.165) is 22.6 Å². The molecular weight excluding hydrogens is 218 g/mol. The number of benzene rings is 1. The summed E-state index contributed by atoms with van der Waals surface area (Å²) >= 11 is 0. The molecule has 2 N–H and O–H groups in total. The predicted octanol–water partition coefficient (Wildman–Crippen LogP) is 1.10. The number of hydrogen-bond acceptors (Lipinski definition) is 4. The summed E-state index contributed by atoms with van der Waals surface area (Å²) in [5.74, 6) is 0.881. The van der Waals surface area contributed by atoms with Crippen LogP contribution in [0.3, 0.4) is 0 Å². The van der Waals surface area contributed by atoms with Crippen LogP contribution in [0, 0.1) is 13.8 Å². The molecule has 4 heteroatoms. The number of aliphatic hydroxyl groups is 2. The minimum atomic E-state index is -0.276. The van der Waals surface area contributed by atoms with E-state index in [1.807, 2.05) is 37.9 Å². The molecule has 0 atom stereocenters. The number of aliphatic hydroxyl groups excluding tert-OH is 2. The van der Waals surface area contributed by atoms with E-state index < -0.39 is 0 Å². The third-order valence-electron chi connectivity index (χ3n) is 3.03. The third-order valence-corrected chi connectivity index (χ3v) is 3.03. The van der Waals surface area contributed by atoms with Crippen molar-refractivity contribution in [2.45, 2.75) is 19.9 Å². The van der Waals surface area contributed by atoms with Gasteiger partial charge >= 0.3 is 0 Å².